The molecule has 102 valence electrons. The van der Waals surface area contributed by atoms with Crippen LogP contribution in [0.2, 0.25) is 0 Å². The van der Waals surface area contributed by atoms with E-state index in [0.717, 1.165) is 12.8 Å². The van der Waals surface area contributed by atoms with Gasteiger partial charge in [0.1, 0.15) is 0 Å². The van der Waals surface area contributed by atoms with Crippen molar-refractivity contribution in [3.8, 4) is 0 Å². The van der Waals surface area contributed by atoms with Crippen LogP contribution in [-0.4, -0.2) is 17.4 Å². The van der Waals surface area contributed by atoms with Crippen LogP contribution in [0.15, 0.2) is 0 Å². The van der Waals surface area contributed by atoms with Crippen molar-refractivity contribution >= 4 is 5.97 Å². The fourth-order valence-electron chi connectivity index (χ4n) is 3.79. The summed E-state index contributed by atoms with van der Waals surface area (Å²) in [6.07, 6.45) is 5.68. The molecule has 18 heavy (non-hydrogen) atoms. The van der Waals surface area contributed by atoms with E-state index in [4.69, 9.17) is 9.47 Å². The lowest BCUT2D eigenvalue weighted by atomic mass is 9.54. The first-order valence-corrected chi connectivity index (χ1v) is 7.21. The van der Waals surface area contributed by atoms with Gasteiger partial charge in [0.05, 0.1) is 11.5 Å². The lowest BCUT2D eigenvalue weighted by Gasteiger charge is -2.64. The minimum Gasteiger partial charge on any atom is -0.432 e. The SMILES string of the molecule is CC(C)(C)[C@]1(C)OC(=O)[C@H]2C[C@@H]3CCCC[C@@]32O1. The smallest absolute Gasteiger partial charge is 0.314 e. The van der Waals surface area contributed by atoms with Gasteiger partial charge in [-0.15, -0.1) is 0 Å². The molecule has 2 aliphatic carbocycles. The van der Waals surface area contributed by atoms with Crippen LogP contribution in [0.25, 0.3) is 0 Å². The summed E-state index contributed by atoms with van der Waals surface area (Å²) in [7, 11) is 0. The van der Waals surface area contributed by atoms with E-state index >= 15 is 0 Å². The summed E-state index contributed by atoms with van der Waals surface area (Å²) in [5.74, 6) is -0.239. The van der Waals surface area contributed by atoms with Gasteiger partial charge in [0.15, 0.2) is 0 Å². The maximum Gasteiger partial charge on any atom is 0.314 e. The molecule has 1 heterocycles. The molecular weight excluding hydrogens is 228 g/mol. The van der Waals surface area contributed by atoms with Gasteiger partial charge in [-0.2, -0.15) is 0 Å². The van der Waals surface area contributed by atoms with E-state index in [2.05, 4.69) is 20.8 Å². The third kappa shape index (κ3) is 1.43. The van der Waals surface area contributed by atoms with E-state index < -0.39 is 5.79 Å². The first-order chi connectivity index (χ1) is 8.29. The summed E-state index contributed by atoms with van der Waals surface area (Å²) in [4.78, 5) is 12.3. The number of carbonyl (C=O) groups is 1. The van der Waals surface area contributed by atoms with Gasteiger partial charge in [-0.25, -0.2) is 0 Å². The van der Waals surface area contributed by atoms with Crippen LogP contribution in [0.5, 0.6) is 0 Å². The molecule has 1 spiro atoms. The van der Waals surface area contributed by atoms with E-state index in [1.165, 1.54) is 19.3 Å². The highest BCUT2D eigenvalue weighted by Gasteiger charge is 2.67. The number of rotatable bonds is 0. The van der Waals surface area contributed by atoms with Crippen molar-refractivity contribution in [2.24, 2.45) is 17.3 Å². The van der Waals surface area contributed by atoms with Crippen molar-refractivity contribution in [2.75, 3.05) is 0 Å². The molecule has 3 rings (SSSR count). The molecule has 1 saturated heterocycles. The Morgan fingerprint density at radius 1 is 1.28 bits per heavy atom. The first-order valence-electron chi connectivity index (χ1n) is 7.21. The third-order valence-corrected chi connectivity index (χ3v) is 5.50. The number of hydrogen-bond acceptors (Lipinski definition) is 3. The van der Waals surface area contributed by atoms with E-state index in [9.17, 15) is 4.79 Å². The van der Waals surface area contributed by atoms with Crippen molar-refractivity contribution < 1.29 is 14.3 Å². The van der Waals surface area contributed by atoms with Crippen LogP contribution >= 0.6 is 0 Å². The zero-order valence-corrected chi connectivity index (χ0v) is 11.9. The maximum atomic E-state index is 12.3. The van der Waals surface area contributed by atoms with Crippen molar-refractivity contribution in [1.82, 2.24) is 0 Å². The summed E-state index contributed by atoms with van der Waals surface area (Å²) < 4.78 is 12.1. The second kappa shape index (κ2) is 3.50. The lowest BCUT2D eigenvalue weighted by Crippen LogP contribution is -2.71. The van der Waals surface area contributed by atoms with Crippen LogP contribution in [-0.2, 0) is 14.3 Å². The molecule has 0 aromatic heterocycles. The normalized spacial score (nSPS) is 47.7. The summed E-state index contributed by atoms with van der Waals surface area (Å²) in [5.41, 5.74) is -0.393. The molecule has 3 heteroatoms. The number of hydrogen-bond donors (Lipinski definition) is 0. The summed E-state index contributed by atoms with van der Waals surface area (Å²) in [6, 6.07) is 0. The zero-order valence-electron chi connectivity index (χ0n) is 11.9. The number of carbonyl (C=O) groups excluding carboxylic acids is 1. The van der Waals surface area contributed by atoms with Crippen LogP contribution in [0.4, 0.5) is 0 Å². The zero-order chi connectivity index (χ0) is 13.2. The van der Waals surface area contributed by atoms with Gasteiger partial charge >= 0.3 is 5.97 Å². The number of cyclic esters (lactones) is 1. The molecular formula is C15H24O3. The van der Waals surface area contributed by atoms with Gasteiger partial charge in [-0.05, 0) is 25.2 Å². The fraction of sp³-hybridized carbons (Fsp3) is 0.933. The largest absolute Gasteiger partial charge is 0.432 e. The van der Waals surface area contributed by atoms with Gasteiger partial charge < -0.3 is 9.47 Å². The average Bonchev–Trinajstić information content (AvgIpc) is 2.19. The molecule has 0 aromatic carbocycles. The van der Waals surface area contributed by atoms with Crippen LogP contribution in [0, 0.1) is 17.3 Å². The predicted octanol–water partition coefficient (Wildman–Crippen LogP) is 3.27. The van der Waals surface area contributed by atoms with Gasteiger partial charge in [0.25, 0.3) is 0 Å². The van der Waals surface area contributed by atoms with E-state index in [0.29, 0.717) is 5.92 Å². The third-order valence-electron chi connectivity index (χ3n) is 5.50. The molecule has 0 N–H and O–H groups in total. The highest BCUT2D eigenvalue weighted by molar-refractivity contribution is 5.77. The molecule has 4 atom stereocenters. The molecule has 0 amide bonds. The Bertz CT molecular complexity index is 384. The Balaban J connectivity index is 1.94. The predicted molar refractivity (Wildman–Crippen MR) is 67.8 cm³/mol. The molecule has 2 saturated carbocycles. The maximum absolute atomic E-state index is 12.3. The number of ether oxygens (including phenoxy) is 2. The van der Waals surface area contributed by atoms with Gasteiger partial charge in [-0.1, -0.05) is 33.6 Å². The van der Waals surface area contributed by atoms with Crippen LogP contribution in [0.1, 0.15) is 59.8 Å². The molecule has 3 aliphatic rings. The van der Waals surface area contributed by atoms with E-state index in [1.54, 1.807) is 0 Å². The Hall–Kier alpha value is -0.570. The second-order valence-electron chi connectivity index (χ2n) is 7.40. The summed E-state index contributed by atoms with van der Waals surface area (Å²) >= 11 is 0. The highest BCUT2D eigenvalue weighted by Crippen LogP contribution is 2.61. The summed E-state index contributed by atoms with van der Waals surface area (Å²) in [6.45, 7) is 8.16. The average molecular weight is 252 g/mol. The van der Waals surface area contributed by atoms with Crippen molar-refractivity contribution in [3.63, 3.8) is 0 Å². The molecule has 1 aliphatic heterocycles. The molecule has 0 unspecified atom stereocenters. The van der Waals surface area contributed by atoms with Gasteiger partial charge in [-0.3, -0.25) is 4.79 Å². The number of esters is 1. The minimum absolute atomic E-state index is 0.00164. The monoisotopic (exact) mass is 252 g/mol. The molecule has 0 bridgehead atoms. The quantitative estimate of drug-likeness (QED) is 0.621. The minimum atomic E-state index is -0.781. The van der Waals surface area contributed by atoms with Crippen molar-refractivity contribution in [2.45, 2.75) is 71.2 Å². The van der Waals surface area contributed by atoms with Gasteiger partial charge in [0, 0.05) is 12.3 Å². The van der Waals surface area contributed by atoms with Crippen LogP contribution < -0.4 is 0 Å². The Kier molecular flexibility index (Phi) is 2.42. The Labute approximate surface area is 109 Å². The van der Waals surface area contributed by atoms with E-state index in [-0.39, 0.29) is 22.9 Å². The lowest BCUT2D eigenvalue weighted by molar-refractivity contribution is -0.386. The topological polar surface area (TPSA) is 35.5 Å². The van der Waals surface area contributed by atoms with Crippen LogP contribution in [0.3, 0.4) is 0 Å². The summed E-state index contributed by atoms with van der Waals surface area (Å²) in [5, 5.41) is 0. The fourth-order valence-corrected chi connectivity index (χ4v) is 3.79. The Morgan fingerprint density at radius 3 is 2.61 bits per heavy atom. The molecule has 0 radical (unpaired) electrons. The van der Waals surface area contributed by atoms with E-state index in [1.807, 2.05) is 6.92 Å². The Morgan fingerprint density at radius 2 is 2.00 bits per heavy atom. The van der Waals surface area contributed by atoms with Crippen molar-refractivity contribution in [1.29, 1.82) is 0 Å². The molecule has 3 fully saturated rings. The molecule has 3 nitrogen and oxygen atoms in total. The molecule has 0 aromatic rings. The van der Waals surface area contributed by atoms with Crippen molar-refractivity contribution in [3.05, 3.63) is 0 Å². The van der Waals surface area contributed by atoms with Gasteiger partial charge in [0.2, 0.25) is 5.79 Å². The first kappa shape index (κ1) is 12.5. The second-order valence-corrected chi connectivity index (χ2v) is 7.40. The standard InChI is InChI=1S/C15H24O3/c1-13(2,3)14(4)17-12(16)11-9-10-7-5-6-8-15(10,11)18-14/h10-11H,5-9H2,1-4H3/t10-,11+,14+,15+/m0/s1. The highest BCUT2D eigenvalue weighted by atomic mass is 16.7.